The Morgan fingerprint density at radius 3 is 2.88 bits per heavy atom. The summed E-state index contributed by atoms with van der Waals surface area (Å²) in [6.07, 6.45) is 3.10. The normalized spacial score (nSPS) is 40.2. The molecule has 0 saturated carbocycles. The van der Waals surface area contributed by atoms with Crippen LogP contribution in [0.3, 0.4) is 0 Å². The highest BCUT2D eigenvalue weighted by Gasteiger charge is 2.70. The zero-order valence-electron chi connectivity index (χ0n) is 15.9. The number of H-pyrrole nitrogens is 1. The van der Waals surface area contributed by atoms with Crippen LogP contribution in [0.15, 0.2) is 24.3 Å². The summed E-state index contributed by atoms with van der Waals surface area (Å²) in [6, 6.07) is 8.64. The quantitative estimate of drug-likeness (QED) is 0.768. The molecule has 2 bridgehead atoms. The second kappa shape index (κ2) is 4.36. The molecule has 2 spiro atoms. The summed E-state index contributed by atoms with van der Waals surface area (Å²) in [6.45, 7) is 9.14. The van der Waals surface area contributed by atoms with Crippen molar-refractivity contribution in [3.63, 3.8) is 0 Å². The Bertz CT molecular complexity index is 959. The molecular formula is C22H27N3O. The van der Waals surface area contributed by atoms with E-state index in [4.69, 9.17) is 0 Å². The zero-order chi connectivity index (χ0) is 17.9. The van der Waals surface area contributed by atoms with Gasteiger partial charge in [-0.2, -0.15) is 0 Å². The van der Waals surface area contributed by atoms with Crippen molar-refractivity contribution in [1.29, 1.82) is 0 Å². The maximum atomic E-state index is 13.3. The van der Waals surface area contributed by atoms with Crippen molar-refractivity contribution in [3.05, 3.63) is 35.5 Å². The number of aromatic amines is 1. The van der Waals surface area contributed by atoms with Crippen LogP contribution in [0.1, 0.15) is 44.9 Å². The number of rotatable bonds is 0. The molecule has 5 aliphatic rings. The number of carbonyl (C=O) groups excluding carboxylic acids is 1. The Morgan fingerprint density at radius 2 is 2.04 bits per heavy atom. The lowest BCUT2D eigenvalue weighted by molar-refractivity contribution is -0.164. The fourth-order valence-corrected chi connectivity index (χ4v) is 7.12. The molecule has 2 aromatic rings. The number of aromatic nitrogens is 1. The van der Waals surface area contributed by atoms with Gasteiger partial charge in [0.15, 0.2) is 0 Å². The van der Waals surface area contributed by atoms with E-state index in [1.807, 2.05) is 0 Å². The lowest BCUT2D eigenvalue weighted by atomic mass is 9.51. The number of piperidine rings is 2. The fraction of sp³-hybridized carbons (Fsp3) is 0.591. The molecule has 2 N–H and O–H groups in total. The van der Waals surface area contributed by atoms with E-state index >= 15 is 0 Å². The van der Waals surface area contributed by atoms with Crippen LogP contribution in [0.5, 0.6) is 0 Å². The van der Waals surface area contributed by atoms with Crippen LogP contribution < -0.4 is 5.32 Å². The van der Waals surface area contributed by atoms with E-state index in [2.05, 4.69) is 60.2 Å². The van der Waals surface area contributed by atoms with E-state index in [1.165, 1.54) is 22.2 Å². The molecule has 1 aromatic carbocycles. The standard InChI is InChI=1S/C22H27N3O/c1-13-8-9-25-12-21-10-15-14-6-4-5-7-16(14)23-18(15)20(2,3)17(21)11-22(13,25)19(26)24-21/h4-7,13,17,23H,8-12H2,1-3H3,(H,24,26)/t13-,17-,21+,22+/m1/s1. The van der Waals surface area contributed by atoms with Gasteiger partial charge in [-0.15, -0.1) is 0 Å². The third-order valence-corrected chi connectivity index (χ3v) is 8.44. The molecule has 1 amide bonds. The van der Waals surface area contributed by atoms with Gasteiger partial charge in [0.05, 0.1) is 5.54 Å². The Morgan fingerprint density at radius 1 is 1.23 bits per heavy atom. The number of carbonyl (C=O) groups is 1. The molecule has 4 fully saturated rings. The molecule has 4 nitrogen and oxygen atoms in total. The first-order valence-corrected chi connectivity index (χ1v) is 10.1. The Hall–Kier alpha value is -1.81. The predicted octanol–water partition coefficient (Wildman–Crippen LogP) is 2.97. The van der Waals surface area contributed by atoms with E-state index in [-0.39, 0.29) is 16.5 Å². The van der Waals surface area contributed by atoms with E-state index in [0.717, 1.165) is 32.4 Å². The van der Waals surface area contributed by atoms with Gasteiger partial charge in [0.1, 0.15) is 5.54 Å². The number of para-hydroxylation sites is 1. The Kier molecular flexibility index (Phi) is 2.56. The van der Waals surface area contributed by atoms with E-state index < -0.39 is 0 Å². The highest BCUT2D eigenvalue weighted by molar-refractivity contribution is 5.91. The van der Waals surface area contributed by atoms with Gasteiger partial charge in [-0.1, -0.05) is 39.0 Å². The van der Waals surface area contributed by atoms with Crippen molar-refractivity contribution in [1.82, 2.24) is 15.2 Å². The van der Waals surface area contributed by atoms with Crippen molar-refractivity contribution in [2.75, 3.05) is 13.1 Å². The Balaban J connectivity index is 1.59. The minimum absolute atomic E-state index is 0.0295. The van der Waals surface area contributed by atoms with Crippen LogP contribution in [0.25, 0.3) is 10.9 Å². The second-order valence-corrected chi connectivity index (χ2v) is 9.83. The van der Waals surface area contributed by atoms with Crippen LogP contribution in [0, 0.1) is 11.8 Å². The number of nitrogens with one attached hydrogen (secondary N) is 2. The van der Waals surface area contributed by atoms with Gasteiger partial charge in [0.2, 0.25) is 5.91 Å². The minimum Gasteiger partial charge on any atom is -0.358 e. The molecule has 1 aromatic heterocycles. The van der Waals surface area contributed by atoms with E-state index in [0.29, 0.717) is 17.7 Å². The summed E-state index contributed by atoms with van der Waals surface area (Å²) in [5.74, 6) is 1.22. The van der Waals surface area contributed by atoms with Crippen molar-refractivity contribution in [2.24, 2.45) is 11.8 Å². The summed E-state index contributed by atoms with van der Waals surface area (Å²) in [5.41, 5.74) is 3.68. The van der Waals surface area contributed by atoms with Gasteiger partial charge in [-0.3, -0.25) is 9.69 Å². The smallest absolute Gasteiger partial charge is 0.241 e. The first-order chi connectivity index (χ1) is 12.4. The van der Waals surface area contributed by atoms with Crippen molar-refractivity contribution < 1.29 is 4.79 Å². The third kappa shape index (κ3) is 1.47. The van der Waals surface area contributed by atoms with Crippen LogP contribution in [-0.4, -0.2) is 40.0 Å². The lowest BCUT2D eigenvalue weighted by Crippen LogP contribution is -2.83. The number of hydrogen-bond acceptors (Lipinski definition) is 2. The molecule has 7 rings (SSSR count). The third-order valence-electron chi connectivity index (χ3n) is 8.44. The Labute approximate surface area is 154 Å². The van der Waals surface area contributed by atoms with E-state index in [9.17, 15) is 4.79 Å². The highest BCUT2D eigenvalue weighted by Crippen LogP contribution is 2.59. The first-order valence-electron chi connectivity index (χ1n) is 10.1. The maximum absolute atomic E-state index is 13.3. The van der Waals surface area contributed by atoms with Crippen LogP contribution in [0.2, 0.25) is 0 Å². The molecular weight excluding hydrogens is 322 g/mol. The van der Waals surface area contributed by atoms with Crippen LogP contribution >= 0.6 is 0 Å². The van der Waals surface area contributed by atoms with Crippen molar-refractivity contribution in [2.45, 2.75) is 56.5 Å². The topological polar surface area (TPSA) is 48.1 Å². The largest absolute Gasteiger partial charge is 0.358 e. The number of hydrogen-bond donors (Lipinski definition) is 2. The summed E-state index contributed by atoms with van der Waals surface area (Å²) < 4.78 is 0. The second-order valence-electron chi connectivity index (χ2n) is 9.83. The average molecular weight is 349 g/mol. The number of fused-ring (bicyclic) bond motifs is 4. The van der Waals surface area contributed by atoms with E-state index in [1.54, 1.807) is 0 Å². The van der Waals surface area contributed by atoms with Gasteiger partial charge in [0.25, 0.3) is 0 Å². The number of piperazine rings is 1. The summed E-state index contributed by atoms with van der Waals surface area (Å²) >= 11 is 0. The molecule has 0 radical (unpaired) electrons. The van der Waals surface area contributed by atoms with Crippen molar-refractivity contribution in [3.8, 4) is 0 Å². The zero-order valence-corrected chi connectivity index (χ0v) is 15.9. The molecule has 0 unspecified atom stereocenters. The maximum Gasteiger partial charge on any atom is 0.241 e. The molecule has 4 saturated heterocycles. The monoisotopic (exact) mass is 349 g/mol. The summed E-state index contributed by atoms with van der Waals surface area (Å²) in [7, 11) is 0. The number of nitrogens with zero attached hydrogens (tertiary/aromatic N) is 1. The molecule has 4 aliphatic heterocycles. The average Bonchev–Trinajstić information content (AvgIpc) is 3.14. The number of benzene rings is 1. The molecule has 5 heterocycles. The lowest BCUT2D eigenvalue weighted by Gasteiger charge is -2.66. The van der Waals surface area contributed by atoms with Gasteiger partial charge < -0.3 is 10.3 Å². The SMILES string of the molecule is C[C@@H]1CCN2C[C@@]34Cc5c([nH]c6ccccc56)C(C)(C)[C@H]3C[C@@]12C(=O)N4. The minimum atomic E-state index is -0.271. The predicted molar refractivity (Wildman–Crippen MR) is 102 cm³/mol. The van der Waals surface area contributed by atoms with Gasteiger partial charge in [-0.05, 0) is 49.3 Å². The molecule has 4 heteroatoms. The first kappa shape index (κ1) is 15.3. The summed E-state index contributed by atoms with van der Waals surface area (Å²) in [4.78, 5) is 19.6. The molecule has 136 valence electrons. The number of amides is 1. The summed E-state index contributed by atoms with van der Waals surface area (Å²) in [5, 5.41) is 4.91. The van der Waals surface area contributed by atoms with Crippen LogP contribution in [-0.2, 0) is 16.6 Å². The van der Waals surface area contributed by atoms with Crippen LogP contribution in [0.4, 0.5) is 0 Å². The van der Waals surface area contributed by atoms with Gasteiger partial charge in [0, 0.05) is 28.6 Å². The molecule has 1 aliphatic carbocycles. The molecule has 26 heavy (non-hydrogen) atoms. The van der Waals surface area contributed by atoms with Crippen molar-refractivity contribution >= 4 is 16.8 Å². The highest BCUT2D eigenvalue weighted by atomic mass is 16.2. The van der Waals surface area contributed by atoms with Gasteiger partial charge >= 0.3 is 0 Å². The molecule has 4 atom stereocenters. The van der Waals surface area contributed by atoms with Gasteiger partial charge in [-0.25, -0.2) is 0 Å². The fourth-order valence-electron chi connectivity index (χ4n) is 7.12.